The van der Waals surface area contributed by atoms with Crippen LogP contribution in [0.3, 0.4) is 0 Å². The van der Waals surface area contributed by atoms with Gasteiger partial charge in [0.05, 0.1) is 10.0 Å². The van der Waals surface area contributed by atoms with Crippen LogP contribution in [-0.2, 0) is 4.79 Å². The summed E-state index contributed by atoms with van der Waals surface area (Å²) in [7, 11) is 0. The van der Waals surface area contributed by atoms with E-state index in [9.17, 15) is 4.79 Å². The number of carbonyl (C=O) groups is 1. The molecule has 86 valence electrons. The standard InChI is InChI=1S/C11H11Cl2NOS/c1-7(15)16-4-2-3-9-10(12)5-8(14)6-11(9)13/h2-3,5-6H,4,14H2,1H3. The second kappa shape index (κ2) is 6.18. The molecule has 1 aromatic carbocycles. The molecule has 0 atom stereocenters. The molecule has 0 aliphatic heterocycles. The van der Waals surface area contributed by atoms with Crippen molar-refractivity contribution >= 4 is 51.8 Å². The van der Waals surface area contributed by atoms with Gasteiger partial charge in [-0.25, -0.2) is 0 Å². The van der Waals surface area contributed by atoms with Gasteiger partial charge in [0.1, 0.15) is 0 Å². The Morgan fingerprint density at radius 1 is 1.44 bits per heavy atom. The van der Waals surface area contributed by atoms with Crippen LogP contribution >= 0.6 is 35.0 Å². The van der Waals surface area contributed by atoms with Crippen molar-refractivity contribution in [1.29, 1.82) is 0 Å². The Balaban J connectivity index is 2.77. The molecule has 5 heteroatoms. The van der Waals surface area contributed by atoms with E-state index in [0.717, 1.165) is 5.56 Å². The molecular formula is C11H11Cl2NOS. The topological polar surface area (TPSA) is 43.1 Å². The molecule has 0 fully saturated rings. The third-order valence-electron chi connectivity index (χ3n) is 1.77. The van der Waals surface area contributed by atoms with E-state index in [1.165, 1.54) is 18.7 Å². The van der Waals surface area contributed by atoms with Crippen molar-refractivity contribution in [3.63, 3.8) is 0 Å². The molecule has 0 aliphatic rings. The Hall–Kier alpha value is -0.640. The molecule has 16 heavy (non-hydrogen) atoms. The summed E-state index contributed by atoms with van der Waals surface area (Å²) in [6.45, 7) is 1.53. The van der Waals surface area contributed by atoms with E-state index >= 15 is 0 Å². The predicted octanol–water partition coefficient (Wildman–Crippen LogP) is 3.87. The molecule has 0 aromatic heterocycles. The zero-order chi connectivity index (χ0) is 12.1. The van der Waals surface area contributed by atoms with Gasteiger partial charge in [0, 0.05) is 23.9 Å². The first-order valence-electron chi connectivity index (χ1n) is 4.55. The molecule has 0 unspecified atom stereocenters. The third kappa shape index (κ3) is 4.08. The van der Waals surface area contributed by atoms with Crippen LogP contribution in [0.25, 0.3) is 6.08 Å². The molecule has 0 radical (unpaired) electrons. The van der Waals surface area contributed by atoms with Crippen LogP contribution in [0.2, 0.25) is 10.0 Å². The largest absolute Gasteiger partial charge is 0.399 e. The highest BCUT2D eigenvalue weighted by Gasteiger charge is 2.03. The van der Waals surface area contributed by atoms with Gasteiger partial charge >= 0.3 is 0 Å². The molecule has 2 nitrogen and oxygen atoms in total. The maximum atomic E-state index is 10.7. The minimum absolute atomic E-state index is 0.0825. The zero-order valence-corrected chi connectivity index (χ0v) is 11.0. The lowest BCUT2D eigenvalue weighted by Crippen LogP contribution is -1.87. The fourth-order valence-corrected chi connectivity index (χ4v) is 2.15. The van der Waals surface area contributed by atoms with Gasteiger partial charge in [-0.15, -0.1) is 0 Å². The molecule has 0 spiro atoms. The number of rotatable bonds is 3. The van der Waals surface area contributed by atoms with Gasteiger partial charge in [-0.2, -0.15) is 0 Å². The van der Waals surface area contributed by atoms with Gasteiger partial charge in [0.25, 0.3) is 0 Å². The molecule has 1 rings (SSSR count). The van der Waals surface area contributed by atoms with Gasteiger partial charge in [-0.1, -0.05) is 47.1 Å². The molecule has 1 aromatic rings. The van der Waals surface area contributed by atoms with E-state index in [-0.39, 0.29) is 5.12 Å². The Morgan fingerprint density at radius 3 is 2.50 bits per heavy atom. The van der Waals surface area contributed by atoms with Crippen molar-refractivity contribution in [2.75, 3.05) is 11.5 Å². The summed E-state index contributed by atoms with van der Waals surface area (Å²) in [5, 5.41) is 1.10. The first kappa shape index (κ1) is 13.4. The van der Waals surface area contributed by atoms with Crippen LogP contribution in [0.5, 0.6) is 0 Å². The lowest BCUT2D eigenvalue weighted by molar-refractivity contribution is -0.109. The molecule has 0 saturated carbocycles. The van der Waals surface area contributed by atoms with Gasteiger partial charge in [0.15, 0.2) is 5.12 Å². The second-order valence-electron chi connectivity index (χ2n) is 3.10. The fourth-order valence-electron chi connectivity index (χ4n) is 1.09. The van der Waals surface area contributed by atoms with E-state index in [1.807, 2.05) is 6.08 Å². The van der Waals surface area contributed by atoms with Crippen LogP contribution in [0, 0.1) is 0 Å². The third-order valence-corrected chi connectivity index (χ3v) is 3.16. The van der Waals surface area contributed by atoms with Crippen LogP contribution in [0.15, 0.2) is 18.2 Å². The van der Waals surface area contributed by atoms with Crippen LogP contribution in [0.1, 0.15) is 12.5 Å². The maximum absolute atomic E-state index is 10.7. The van der Waals surface area contributed by atoms with E-state index in [4.69, 9.17) is 28.9 Å². The van der Waals surface area contributed by atoms with E-state index in [0.29, 0.717) is 21.5 Å². The normalized spacial score (nSPS) is 10.9. The minimum Gasteiger partial charge on any atom is -0.399 e. The number of halogens is 2. The summed E-state index contributed by atoms with van der Waals surface area (Å²) in [6.07, 6.45) is 3.63. The highest BCUT2D eigenvalue weighted by Crippen LogP contribution is 2.28. The molecule has 2 N–H and O–H groups in total. The summed E-state index contributed by atoms with van der Waals surface area (Å²) >= 11 is 13.2. The molecule has 0 aliphatic carbocycles. The van der Waals surface area contributed by atoms with E-state index < -0.39 is 0 Å². The molecular weight excluding hydrogens is 265 g/mol. The van der Waals surface area contributed by atoms with Gasteiger partial charge in [-0.3, -0.25) is 4.79 Å². The number of benzene rings is 1. The van der Waals surface area contributed by atoms with Gasteiger partial charge in [0.2, 0.25) is 0 Å². The number of hydrogen-bond donors (Lipinski definition) is 1. The van der Waals surface area contributed by atoms with Gasteiger partial charge in [-0.05, 0) is 12.1 Å². The van der Waals surface area contributed by atoms with Crippen molar-refractivity contribution in [3.05, 3.63) is 33.8 Å². The van der Waals surface area contributed by atoms with E-state index in [2.05, 4.69) is 0 Å². The van der Waals surface area contributed by atoms with Crippen LogP contribution < -0.4 is 5.73 Å². The number of anilines is 1. The predicted molar refractivity (Wildman–Crippen MR) is 73.0 cm³/mol. The number of nitrogen functional groups attached to an aromatic ring is 1. The summed E-state index contributed by atoms with van der Waals surface area (Å²) < 4.78 is 0. The lowest BCUT2D eigenvalue weighted by atomic mass is 10.2. The molecule has 0 amide bonds. The van der Waals surface area contributed by atoms with E-state index in [1.54, 1.807) is 18.2 Å². The smallest absolute Gasteiger partial charge is 0.186 e. The lowest BCUT2D eigenvalue weighted by Gasteiger charge is -2.03. The Bertz CT molecular complexity index is 409. The number of nitrogens with two attached hydrogens (primary N) is 1. The maximum Gasteiger partial charge on any atom is 0.186 e. The number of thioether (sulfide) groups is 1. The van der Waals surface area contributed by atoms with Crippen molar-refractivity contribution < 1.29 is 4.79 Å². The summed E-state index contributed by atoms with van der Waals surface area (Å²) in [5.74, 6) is 0.604. The Labute approximate surface area is 109 Å². The van der Waals surface area contributed by atoms with Crippen LogP contribution in [-0.4, -0.2) is 10.9 Å². The summed E-state index contributed by atoms with van der Waals surface area (Å²) in [4.78, 5) is 10.7. The Kier molecular flexibility index (Phi) is 5.19. The summed E-state index contributed by atoms with van der Waals surface area (Å²) in [6, 6.07) is 3.29. The summed E-state index contributed by atoms with van der Waals surface area (Å²) in [5.41, 5.74) is 6.84. The average Bonchev–Trinajstić information content (AvgIpc) is 2.14. The zero-order valence-electron chi connectivity index (χ0n) is 8.67. The van der Waals surface area contributed by atoms with Crippen LogP contribution in [0.4, 0.5) is 5.69 Å². The van der Waals surface area contributed by atoms with Crippen molar-refractivity contribution in [2.45, 2.75) is 6.92 Å². The molecule has 0 bridgehead atoms. The average molecular weight is 276 g/mol. The monoisotopic (exact) mass is 275 g/mol. The first-order valence-corrected chi connectivity index (χ1v) is 6.29. The highest BCUT2D eigenvalue weighted by atomic mass is 35.5. The quantitative estimate of drug-likeness (QED) is 0.852. The molecule has 0 saturated heterocycles. The number of hydrogen-bond acceptors (Lipinski definition) is 3. The fraction of sp³-hybridized carbons (Fsp3) is 0.182. The van der Waals surface area contributed by atoms with Crippen molar-refractivity contribution in [3.8, 4) is 0 Å². The van der Waals surface area contributed by atoms with Crippen molar-refractivity contribution in [2.24, 2.45) is 0 Å². The molecule has 0 heterocycles. The van der Waals surface area contributed by atoms with Gasteiger partial charge < -0.3 is 5.73 Å². The minimum atomic E-state index is 0.0825. The first-order chi connectivity index (χ1) is 7.50. The second-order valence-corrected chi connectivity index (χ2v) is 5.11. The number of carbonyl (C=O) groups excluding carboxylic acids is 1. The Morgan fingerprint density at radius 2 is 2.00 bits per heavy atom. The SMILES string of the molecule is CC(=O)SCC=Cc1c(Cl)cc(N)cc1Cl. The van der Waals surface area contributed by atoms with Crippen molar-refractivity contribution in [1.82, 2.24) is 0 Å². The highest BCUT2D eigenvalue weighted by molar-refractivity contribution is 8.13.